The van der Waals surface area contributed by atoms with E-state index in [1.807, 2.05) is 24.4 Å². The molecule has 0 aromatic carbocycles. The van der Waals surface area contributed by atoms with E-state index in [4.69, 9.17) is 4.74 Å². The van der Waals surface area contributed by atoms with Gasteiger partial charge in [-0.3, -0.25) is 4.98 Å². The quantitative estimate of drug-likeness (QED) is 0.738. The summed E-state index contributed by atoms with van der Waals surface area (Å²) in [6.45, 7) is 9.11. The van der Waals surface area contributed by atoms with Gasteiger partial charge in [-0.25, -0.2) is 0 Å². The Balaban J connectivity index is 1.95. The third-order valence-corrected chi connectivity index (χ3v) is 2.35. The molecule has 0 atom stereocenters. The monoisotopic (exact) mass is 236 g/mol. The molecule has 0 bridgehead atoms. The van der Waals surface area contributed by atoms with Crippen LogP contribution in [0.25, 0.3) is 0 Å². The summed E-state index contributed by atoms with van der Waals surface area (Å²) < 4.78 is 5.57. The Hall–Kier alpha value is -0.930. The van der Waals surface area contributed by atoms with E-state index in [9.17, 15) is 0 Å². The molecule has 0 aliphatic carbocycles. The topological polar surface area (TPSA) is 34.1 Å². The number of rotatable bonds is 7. The van der Waals surface area contributed by atoms with Gasteiger partial charge in [0, 0.05) is 30.5 Å². The summed E-state index contributed by atoms with van der Waals surface area (Å²) in [4.78, 5) is 4.25. The van der Waals surface area contributed by atoms with Gasteiger partial charge in [-0.2, -0.15) is 0 Å². The van der Waals surface area contributed by atoms with E-state index < -0.39 is 0 Å². The van der Waals surface area contributed by atoms with Crippen molar-refractivity contribution in [3.63, 3.8) is 0 Å². The van der Waals surface area contributed by atoms with E-state index in [1.165, 1.54) is 0 Å². The molecule has 0 amide bonds. The second-order valence-corrected chi connectivity index (χ2v) is 5.21. The van der Waals surface area contributed by atoms with Crippen LogP contribution in [0, 0.1) is 0 Å². The predicted octanol–water partition coefficient (Wildman–Crippen LogP) is 2.42. The van der Waals surface area contributed by atoms with Gasteiger partial charge >= 0.3 is 0 Å². The van der Waals surface area contributed by atoms with Gasteiger partial charge in [0.05, 0.1) is 6.61 Å². The van der Waals surface area contributed by atoms with E-state index >= 15 is 0 Å². The van der Waals surface area contributed by atoms with Crippen LogP contribution in [-0.4, -0.2) is 30.3 Å². The Kier molecular flexibility index (Phi) is 6.16. The van der Waals surface area contributed by atoms with E-state index in [2.05, 4.69) is 31.1 Å². The summed E-state index contributed by atoms with van der Waals surface area (Å²) >= 11 is 0. The van der Waals surface area contributed by atoms with Gasteiger partial charge in [-0.15, -0.1) is 0 Å². The fraction of sp³-hybridized carbons (Fsp3) is 0.643. The number of hydrogen-bond acceptors (Lipinski definition) is 3. The molecule has 0 radical (unpaired) electrons. The molecule has 0 spiro atoms. The summed E-state index contributed by atoms with van der Waals surface area (Å²) in [5.41, 5.74) is 1.30. The van der Waals surface area contributed by atoms with Crippen molar-refractivity contribution in [3.8, 4) is 0 Å². The van der Waals surface area contributed by atoms with E-state index in [-0.39, 0.29) is 5.54 Å². The molecule has 1 heterocycles. The maximum atomic E-state index is 5.57. The van der Waals surface area contributed by atoms with E-state index in [0.717, 1.165) is 38.3 Å². The van der Waals surface area contributed by atoms with Crippen molar-refractivity contribution in [1.82, 2.24) is 10.3 Å². The van der Waals surface area contributed by atoms with Crippen molar-refractivity contribution >= 4 is 0 Å². The molecule has 0 saturated heterocycles. The third kappa shape index (κ3) is 7.88. The average molecular weight is 236 g/mol. The smallest absolute Gasteiger partial charge is 0.0521 e. The molecule has 1 rings (SSSR count). The summed E-state index contributed by atoms with van der Waals surface area (Å²) in [5.74, 6) is 0. The van der Waals surface area contributed by atoms with Crippen LogP contribution in [0.1, 0.15) is 32.9 Å². The predicted molar refractivity (Wildman–Crippen MR) is 71.1 cm³/mol. The van der Waals surface area contributed by atoms with Crippen molar-refractivity contribution in [3.05, 3.63) is 30.1 Å². The zero-order valence-corrected chi connectivity index (χ0v) is 11.2. The third-order valence-electron chi connectivity index (χ3n) is 2.35. The van der Waals surface area contributed by atoms with Gasteiger partial charge in [0.2, 0.25) is 0 Å². The van der Waals surface area contributed by atoms with Gasteiger partial charge in [-0.05, 0) is 45.9 Å². The highest BCUT2D eigenvalue weighted by molar-refractivity contribution is 5.03. The molecule has 1 aromatic heterocycles. The molecule has 96 valence electrons. The first kappa shape index (κ1) is 14.1. The lowest BCUT2D eigenvalue weighted by atomic mass is 10.1. The molecule has 3 heteroatoms. The number of nitrogens with zero attached hydrogens (tertiary/aromatic N) is 1. The van der Waals surface area contributed by atoms with Gasteiger partial charge in [0.1, 0.15) is 0 Å². The highest BCUT2D eigenvalue weighted by Crippen LogP contribution is 1.98. The molecule has 1 aromatic rings. The standard InChI is InChI=1S/C14H24N2O/c1-14(2,3)16-10-6-11-17-12-8-13-7-4-5-9-15-13/h4-5,7,9,16H,6,8,10-12H2,1-3H3. The minimum atomic E-state index is 0.202. The van der Waals surface area contributed by atoms with Crippen LogP contribution in [0.2, 0.25) is 0 Å². The normalized spacial score (nSPS) is 11.7. The lowest BCUT2D eigenvalue weighted by Gasteiger charge is -2.20. The number of hydrogen-bond donors (Lipinski definition) is 1. The Morgan fingerprint density at radius 2 is 2.06 bits per heavy atom. The highest BCUT2D eigenvalue weighted by Gasteiger charge is 2.06. The van der Waals surface area contributed by atoms with Crippen molar-refractivity contribution < 1.29 is 4.74 Å². The zero-order valence-electron chi connectivity index (χ0n) is 11.2. The van der Waals surface area contributed by atoms with Gasteiger partial charge < -0.3 is 10.1 Å². The molecular formula is C14H24N2O. The van der Waals surface area contributed by atoms with E-state index in [1.54, 1.807) is 0 Å². The molecule has 0 saturated carbocycles. The second-order valence-electron chi connectivity index (χ2n) is 5.21. The van der Waals surface area contributed by atoms with Crippen molar-refractivity contribution in [2.45, 2.75) is 39.2 Å². The maximum absolute atomic E-state index is 5.57. The molecule has 3 nitrogen and oxygen atoms in total. The minimum Gasteiger partial charge on any atom is -0.381 e. The Labute approximate surface area is 105 Å². The first-order chi connectivity index (χ1) is 8.08. The number of ether oxygens (including phenoxy) is 1. The second kappa shape index (κ2) is 7.41. The highest BCUT2D eigenvalue weighted by atomic mass is 16.5. The molecule has 17 heavy (non-hydrogen) atoms. The summed E-state index contributed by atoms with van der Waals surface area (Å²) in [6, 6.07) is 5.97. The van der Waals surface area contributed by atoms with Gasteiger partial charge in [0.15, 0.2) is 0 Å². The van der Waals surface area contributed by atoms with Crippen LogP contribution in [0.3, 0.4) is 0 Å². The maximum Gasteiger partial charge on any atom is 0.0521 e. The van der Waals surface area contributed by atoms with Crippen LogP contribution in [-0.2, 0) is 11.2 Å². The van der Waals surface area contributed by atoms with Crippen LogP contribution in [0.15, 0.2) is 24.4 Å². The Morgan fingerprint density at radius 3 is 2.71 bits per heavy atom. The van der Waals surface area contributed by atoms with Crippen molar-refractivity contribution in [1.29, 1.82) is 0 Å². The summed E-state index contributed by atoms with van der Waals surface area (Å²) in [6.07, 6.45) is 3.77. The number of aromatic nitrogens is 1. The van der Waals surface area contributed by atoms with Crippen LogP contribution in [0.5, 0.6) is 0 Å². The zero-order chi connectivity index (χ0) is 12.6. The van der Waals surface area contributed by atoms with Crippen LogP contribution < -0.4 is 5.32 Å². The molecular weight excluding hydrogens is 212 g/mol. The minimum absolute atomic E-state index is 0.202. The fourth-order valence-electron chi connectivity index (χ4n) is 1.46. The first-order valence-electron chi connectivity index (χ1n) is 6.30. The Morgan fingerprint density at radius 1 is 1.24 bits per heavy atom. The largest absolute Gasteiger partial charge is 0.381 e. The van der Waals surface area contributed by atoms with Gasteiger partial charge in [0.25, 0.3) is 0 Å². The van der Waals surface area contributed by atoms with Crippen molar-refractivity contribution in [2.75, 3.05) is 19.8 Å². The summed E-state index contributed by atoms with van der Waals surface area (Å²) in [7, 11) is 0. The van der Waals surface area contributed by atoms with Gasteiger partial charge in [-0.1, -0.05) is 6.07 Å². The molecule has 0 fully saturated rings. The molecule has 0 aliphatic rings. The first-order valence-corrected chi connectivity index (χ1v) is 6.30. The molecule has 0 aliphatic heterocycles. The summed E-state index contributed by atoms with van der Waals surface area (Å²) in [5, 5.41) is 3.44. The van der Waals surface area contributed by atoms with Crippen molar-refractivity contribution in [2.24, 2.45) is 0 Å². The van der Waals surface area contributed by atoms with Crippen LogP contribution >= 0.6 is 0 Å². The van der Waals surface area contributed by atoms with Crippen LogP contribution in [0.4, 0.5) is 0 Å². The number of nitrogens with one attached hydrogen (secondary N) is 1. The number of pyridine rings is 1. The Bertz CT molecular complexity index is 293. The van der Waals surface area contributed by atoms with E-state index in [0.29, 0.717) is 0 Å². The SMILES string of the molecule is CC(C)(C)NCCCOCCc1ccccn1. The fourth-order valence-corrected chi connectivity index (χ4v) is 1.46. The average Bonchev–Trinajstić information content (AvgIpc) is 2.28. The molecule has 0 unspecified atom stereocenters. The lowest BCUT2D eigenvalue weighted by molar-refractivity contribution is 0.132. The molecule has 1 N–H and O–H groups in total. The lowest BCUT2D eigenvalue weighted by Crippen LogP contribution is -2.36.